The Bertz CT molecular complexity index is 563. The highest BCUT2D eigenvalue weighted by atomic mass is 16.4. The third-order valence-electron chi connectivity index (χ3n) is 3.35. The predicted octanol–water partition coefficient (Wildman–Crippen LogP) is 2.92. The Balaban J connectivity index is 2.12. The van der Waals surface area contributed by atoms with Crippen molar-refractivity contribution in [2.45, 2.75) is 32.1 Å². The number of allylic oxidation sites excluding steroid dienone is 1. The molecule has 1 aromatic rings. The Labute approximate surface area is 116 Å². The normalized spacial score (nSPS) is 17.8. The summed E-state index contributed by atoms with van der Waals surface area (Å²) >= 11 is 0. The lowest BCUT2D eigenvalue weighted by Crippen LogP contribution is -2.03. The second-order valence-electron chi connectivity index (χ2n) is 4.83. The number of carboxylic acids is 1. The van der Waals surface area contributed by atoms with Crippen molar-refractivity contribution in [1.29, 1.82) is 0 Å². The summed E-state index contributed by atoms with van der Waals surface area (Å²) in [4.78, 5) is 22.6. The molecule has 1 fully saturated rings. The predicted molar refractivity (Wildman–Crippen MR) is 74.9 cm³/mol. The van der Waals surface area contributed by atoms with E-state index in [2.05, 4.69) is 5.32 Å². The van der Waals surface area contributed by atoms with Gasteiger partial charge in [0, 0.05) is 29.9 Å². The lowest BCUT2D eigenvalue weighted by molar-refractivity contribution is -0.115. The molecule has 5 heteroatoms. The van der Waals surface area contributed by atoms with E-state index in [1.807, 2.05) is 0 Å². The molecule has 1 aliphatic carbocycles. The number of benzene rings is 1. The highest BCUT2D eigenvalue weighted by Crippen LogP contribution is 2.23. The van der Waals surface area contributed by atoms with Crippen LogP contribution < -0.4 is 5.32 Å². The first-order chi connectivity index (χ1) is 9.58. The molecular formula is C15H17NO4. The van der Waals surface area contributed by atoms with Crippen LogP contribution in [-0.4, -0.2) is 22.0 Å². The lowest BCUT2D eigenvalue weighted by atomic mass is 10.1. The van der Waals surface area contributed by atoms with Gasteiger partial charge in [-0.15, -0.1) is 0 Å². The van der Waals surface area contributed by atoms with Crippen LogP contribution in [-0.2, 0) is 4.79 Å². The number of aromatic hydroxyl groups is 1. The molecule has 0 bridgehead atoms. The van der Waals surface area contributed by atoms with Gasteiger partial charge in [-0.25, -0.2) is 4.79 Å². The number of Topliss-reactive ketones (excluding diaryl/α,β-unsaturated/α-hetero) is 1. The van der Waals surface area contributed by atoms with Crippen LogP contribution in [0.2, 0.25) is 0 Å². The fraction of sp³-hybridized carbons (Fsp3) is 0.333. The van der Waals surface area contributed by atoms with Crippen molar-refractivity contribution in [3.63, 3.8) is 0 Å². The zero-order chi connectivity index (χ0) is 14.5. The maximum Gasteiger partial charge on any atom is 0.339 e. The zero-order valence-corrected chi connectivity index (χ0v) is 11.1. The number of hydrogen-bond donors (Lipinski definition) is 3. The Morgan fingerprint density at radius 1 is 1.20 bits per heavy atom. The number of phenols is 1. The van der Waals surface area contributed by atoms with Gasteiger partial charge in [0.15, 0.2) is 5.78 Å². The maximum absolute atomic E-state index is 11.8. The summed E-state index contributed by atoms with van der Waals surface area (Å²) in [6, 6.07) is 4.22. The minimum Gasteiger partial charge on any atom is -0.507 e. The lowest BCUT2D eigenvalue weighted by Gasteiger charge is -2.06. The third kappa shape index (κ3) is 3.38. The fourth-order valence-electron chi connectivity index (χ4n) is 2.20. The molecule has 1 aliphatic rings. The number of hydrogen-bond acceptors (Lipinski definition) is 4. The Morgan fingerprint density at radius 2 is 1.95 bits per heavy atom. The molecule has 1 aromatic carbocycles. The zero-order valence-electron chi connectivity index (χ0n) is 11.1. The highest BCUT2D eigenvalue weighted by molar-refractivity contribution is 5.96. The SMILES string of the molecule is O=C1CCCCC/C1=C\Nc1ccc(C(=O)O)c(O)c1. The molecule has 0 radical (unpaired) electrons. The molecule has 2 rings (SSSR count). The van der Waals surface area contributed by atoms with E-state index in [0.717, 1.165) is 31.3 Å². The summed E-state index contributed by atoms with van der Waals surface area (Å²) in [5.41, 5.74) is 1.16. The van der Waals surface area contributed by atoms with Crippen LogP contribution in [0.25, 0.3) is 0 Å². The van der Waals surface area contributed by atoms with Crippen molar-refractivity contribution < 1.29 is 19.8 Å². The van der Waals surface area contributed by atoms with Crippen LogP contribution in [0.15, 0.2) is 30.0 Å². The smallest absolute Gasteiger partial charge is 0.339 e. The minimum atomic E-state index is -1.17. The van der Waals surface area contributed by atoms with Gasteiger partial charge in [-0.05, 0) is 31.4 Å². The quantitative estimate of drug-likeness (QED) is 0.583. The molecule has 0 saturated heterocycles. The first kappa shape index (κ1) is 14.1. The van der Waals surface area contributed by atoms with E-state index in [-0.39, 0.29) is 17.1 Å². The third-order valence-corrected chi connectivity index (χ3v) is 3.35. The summed E-state index contributed by atoms with van der Waals surface area (Å²) in [5.74, 6) is -1.32. The van der Waals surface area contributed by atoms with E-state index in [9.17, 15) is 14.7 Å². The van der Waals surface area contributed by atoms with Gasteiger partial charge >= 0.3 is 5.97 Å². The van der Waals surface area contributed by atoms with E-state index < -0.39 is 5.97 Å². The molecule has 0 heterocycles. The standard InChI is InChI=1S/C15H17NO4/c17-13-5-3-1-2-4-10(13)9-16-11-6-7-12(15(19)20)14(18)8-11/h6-9,16,18H,1-5H2,(H,19,20)/b10-9+. The van der Waals surface area contributed by atoms with Crippen molar-refractivity contribution in [2.24, 2.45) is 0 Å². The van der Waals surface area contributed by atoms with Crippen molar-refractivity contribution in [2.75, 3.05) is 5.32 Å². The van der Waals surface area contributed by atoms with Gasteiger partial charge < -0.3 is 15.5 Å². The van der Waals surface area contributed by atoms with Gasteiger partial charge in [0.05, 0.1) is 0 Å². The highest BCUT2D eigenvalue weighted by Gasteiger charge is 2.13. The molecule has 0 atom stereocenters. The largest absolute Gasteiger partial charge is 0.507 e. The van der Waals surface area contributed by atoms with Crippen LogP contribution in [0.1, 0.15) is 42.5 Å². The summed E-state index contributed by atoms with van der Waals surface area (Å²) < 4.78 is 0. The van der Waals surface area contributed by atoms with Crippen molar-refractivity contribution in [1.82, 2.24) is 0 Å². The number of nitrogens with one attached hydrogen (secondary N) is 1. The molecule has 5 nitrogen and oxygen atoms in total. The van der Waals surface area contributed by atoms with Crippen molar-refractivity contribution in [3.05, 3.63) is 35.5 Å². The van der Waals surface area contributed by atoms with Crippen molar-refractivity contribution in [3.8, 4) is 5.75 Å². The van der Waals surface area contributed by atoms with Gasteiger partial charge in [-0.2, -0.15) is 0 Å². The minimum absolute atomic E-state index is 0.145. The van der Waals surface area contributed by atoms with Gasteiger partial charge in [0.2, 0.25) is 0 Å². The monoisotopic (exact) mass is 275 g/mol. The Kier molecular flexibility index (Phi) is 4.40. The Morgan fingerprint density at radius 3 is 2.65 bits per heavy atom. The summed E-state index contributed by atoms with van der Waals surface area (Å²) in [6.45, 7) is 0. The molecular weight excluding hydrogens is 258 g/mol. The molecule has 0 aliphatic heterocycles. The number of ketones is 1. The summed E-state index contributed by atoms with van der Waals surface area (Å²) in [5, 5.41) is 21.4. The number of rotatable bonds is 3. The van der Waals surface area contributed by atoms with E-state index in [0.29, 0.717) is 12.1 Å². The van der Waals surface area contributed by atoms with Crippen LogP contribution in [0.4, 0.5) is 5.69 Å². The van der Waals surface area contributed by atoms with E-state index in [1.165, 1.54) is 12.1 Å². The van der Waals surface area contributed by atoms with Crippen LogP contribution in [0.3, 0.4) is 0 Å². The average Bonchev–Trinajstić information content (AvgIpc) is 2.61. The number of carbonyl (C=O) groups excluding carboxylic acids is 1. The molecule has 3 N–H and O–H groups in total. The summed E-state index contributed by atoms with van der Waals surface area (Å²) in [6.07, 6.45) is 5.99. The number of anilines is 1. The molecule has 0 spiro atoms. The fourth-order valence-corrected chi connectivity index (χ4v) is 2.20. The second kappa shape index (κ2) is 6.23. The van der Waals surface area contributed by atoms with Crippen LogP contribution >= 0.6 is 0 Å². The topological polar surface area (TPSA) is 86.6 Å². The number of carboxylic acid groups (broad SMARTS) is 1. The Hall–Kier alpha value is -2.30. The van der Waals surface area contributed by atoms with Gasteiger partial charge in [0.1, 0.15) is 11.3 Å². The molecule has 20 heavy (non-hydrogen) atoms. The van der Waals surface area contributed by atoms with E-state index in [4.69, 9.17) is 5.11 Å². The molecule has 0 aromatic heterocycles. The van der Waals surface area contributed by atoms with E-state index in [1.54, 1.807) is 12.3 Å². The van der Waals surface area contributed by atoms with Crippen LogP contribution in [0, 0.1) is 0 Å². The van der Waals surface area contributed by atoms with Crippen LogP contribution in [0.5, 0.6) is 5.75 Å². The number of carbonyl (C=O) groups is 2. The van der Waals surface area contributed by atoms with E-state index >= 15 is 0 Å². The second-order valence-corrected chi connectivity index (χ2v) is 4.83. The summed E-state index contributed by atoms with van der Waals surface area (Å²) in [7, 11) is 0. The van der Waals surface area contributed by atoms with Crippen molar-refractivity contribution >= 4 is 17.4 Å². The average molecular weight is 275 g/mol. The number of aromatic carboxylic acids is 1. The first-order valence-corrected chi connectivity index (χ1v) is 6.63. The van der Waals surface area contributed by atoms with Gasteiger partial charge in [-0.3, -0.25) is 4.79 Å². The van der Waals surface area contributed by atoms with Gasteiger partial charge in [-0.1, -0.05) is 6.42 Å². The molecule has 0 amide bonds. The molecule has 1 saturated carbocycles. The first-order valence-electron chi connectivity index (χ1n) is 6.63. The maximum atomic E-state index is 11.8. The molecule has 0 unspecified atom stereocenters. The molecule has 106 valence electrons. The van der Waals surface area contributed by atoms with Gasteiger partial charge in [0.25, 0.3) is 0 Å².